The Labute approximate surface area is 126 Å². The van der Waals surface area contributed by atoms with Crippen LogP contribution < -0.4 is 5.32 Å². The lowest BCUT2D eigenvalue weighted by Gasteiger charge is -2.00. The maximum absolute atomic E-state index is 4.28. The summed E-state index contributed by atoms with van der Waals surface area (Å²) in [6, 6.07) is 6.29. The molecule has 0 aliphatic rings. The van der Waals surface area contributed by atoms with E-state index in [0.717, 1.165) is 39.6 Å². The zero-order valence-corrected chi connectivity index (χ0v) is 13.6. The third-order valence-electron chi connectivity index (χ3n) is 2.81. The van der Waals surface area contributed by atoms with Crippen molar-refractivity contribution >= 4 is 27.3 Å². The molecule has 0 amide bonds. The number of halogens is 1. The monoisotopic (exact) mass is 339 g/mol. The van der Waals surface area contributed by atoms with Crippen molar-refractivity contribution in [2.75, 3.05) is 13.1 Å². The second-order valence-electron chi connectivity index (χ2n) is 4.46. The van der Waals surface area contributed by atoms with Crippen LogP contribution in [0.4, 0.5) is 0 Å². The van der Waals surface area contributed by atoms with Gasteiger partial charge in [-0.05, 0) is 37.6 Å². The molecule has 5 heteroatoms. The summed E-state index contributed by atoms with van der Waals surface area (Å²) in [6.07, 6.45) is 2.12. The van der Waals surface area contributed by atoms with Crippen LogP contribution in [0, 0.1) is 6.92 Å². The molecule has 1 heterocycles. The number of aryl methyl sites for hydroxylation is 1. The third kappa shape index (κ3) is 4.09. The zero-order valence-electron chi connectivity index (χ0n) is 11.2. The first-order valence-corrected chi connectivity index (χ1v) is 8.11. The van der Waals surface area contributed by atoms with Crippen LogP contribution in [-0.2, 0) is 6.42 Å². The van der Waals surface area contributed by atoms with Gasteiger partial charge in [0.1, 0.15) is 10.0 Å². The van der Waals surface area contributed by atoms with Crippen molar-refractivity contribution in [1.82, 2.24) is 15.5 Å². The molecular formula is C14H18BrN3S. The molecule has 0 fully saturated rings. The van der Waals surface area contributed by atoms with E-state index in [1.807, 2.05) is 0 Å². The second-order valence-corrected chi connectivity index (χ2v) is 6.38. The van der Waals surface area contributed by atoms with E-state index >= 15 is 0 Å². The van der Waals surface area contributed by atoms with E-state index in [2.05, 4.69) is 63.5 Å². The molecule has 1 aromatic heterocycles. The first-order chi connectivity index (χ1) is 9.20. The molecule has 0 aliphatic heterocycles. The summed E-state index contributed by atoms with van der Waals surface area (Å²) >= 11 is 5.20. The molecule has 2 rings (SSSR count). The van der Waals surface area contributed by atoms with Gasteiger partial charge >= 0.3 is 0 Å². The normalized spacial score (nSPS) is 10.9. The summed E-state index contributed by atoms with van der Waals surface area (Å²) < 4.78 is 1.13. The average molecular weight is 340 g/mol. The Bertz CT molecular complexity index is 539. The number of nitrogens with one attached hydrogen (secondary N) is 1. The van der Waals surface area contributed by atoms with Gasteiger partial charge in [-0.2, -0.15) is 0 Å². The fraction of sp³-hybridized carbons (Fsp3) is 0.429. The quantitative estimate of drug-likeness (QED) is 0.813. The minimum atomic E-state index is 0.952. The number of aromatic nitrogens is 2. The van der Waals surface area contributed by atoms with Crippen molar-refractivity contribution in [3.8, 4) is 10.6 Å². The van der Waals surface area contributed by atoms with Crippen LogP contribution in [0.2, 0.25) is 0 Å². The predicted octanol–water partition coefficient (Wildman–Crippen LogP) is 3.82. The van der Waals surface area contributed by atoms with Gasteiger partial charge in [0, 0.05) is 23.0 Å². The van der Waals surface area contributed by atoms with Gasteiger partial charge in [-0.1, -0.05) is 40.3 Å². The molecule has 1 aromatic carbocycles. The van der Waals surface area contributed by atoms with Crippen molar-refractivity contribution in [3.63, 3.8) is 0 Å². The average Bonchev–Trinajstić information content (AvgIpc) is 2.87. The summed E-state index contributed by atoms with van der Waals surface area (Å²) in [4.78, 5) is 0. The van der Waals surface area contributed by atoms with E-state index in [9.17, 15) is 0 Å². The molecule has 0 radical (unpaired) electrons. The lowest BCUT2D eigenvalue weighted by molar-refractivity contribution is 0.668. The van der Waals surface area contributed by atoms with Crippen molar-refractivity contribution in [1.29, 1.82) is 0 Å². The molecular weight excluding hydrogens is 322 g/mol. The van der Waals surface area contributed by atoms with Crippen molar-refractivity contribution < 1.29 is 0 Å². The number of nitrogens with zero attached hydrogens (tertiary/aromatic N) is 2. The molecule has 19 heavy (non-hydrogen) atoms. The molecule has 2 aromatic rings. The van der Waals surface area contributed by atoms with Crippen molar-refractivity contribution in [3.05, 3.63) is 33.2 Å². The molecule has 0 aliphatic carbocycles. The highest BCUT2D eigenvalue weighted by atomic mass is 79.9. The van der Waals surface area contributed by atoms with Crippen LogP contribution in [0.1, 0.15) is 23.9 Å². The Hall–Kier alpha value is -0.780. The standard InChI is InChI=1S/C14H18BrN3S/c1-3-7-16-8-6-13-17-18-14(19-13)11-4-5-12(15)10(2)9-11/h4-5,9,16H,3,6-8H2,1-2H3. The van der Waals surface area contributed by atoms with Crippen LogP contribution in [0.3, 0.4) is 0 Å². The second kappa shape index (κ2) is 7.12. The SMILES string of the molecule is CCCNCCc1nnc(-c2ccc(Br)c(C)c2)s1. The minimum Gasteiger partial charge on any atom is -0.316 e. The first kappa shape index (κ1) is 14.6. The molecule has 0 unspecified atom stereocenters. The lowest BCUT2D eigenvalue weighted by atomic mass is 10.1. The number of benzene rings is 1. The number of hydrogen-bond donors (Lipinski definition) is 1. The van der Waals surface area contributed by atoms with Gasteiger partial charge in [0.15, 0.2) is 0 Å². The number of rotatable bonds is 6. The van der Waals surface area contributed by atoms with Gasteiger partial charge in [-0.25, -0.2) is 0 Å². The minimum absolute atomic E-state index is 0.952. The Balaban J connectivity index is 2.01. The van der Waals surface area contributed by atoms with Crippen LogP contribution in [-0.4, -0.2) is 23.3 Å². The molecule has 102 valence electrons. The van der Waals surface area contributed by atoms with Gasteiger partial charge in [0.05, 0.1) is 0 Å². The molecule has 0 bridgehead atoms. The third-order valence-corrected chi connectivity index (χ3v) is 4.74. The van der Waals surface area contributed by atoms with E-state index in [4.69, 9.17) is 0 Å². The fourth-order valence-electron chi connectivity index (χ4n) is 1.75. The van der Waals surface area contributed by atoms with Crippen LogP contribution in [0.25, 0.3) is 10.6 Å². The Morgan fingerprint density at radius 1 is 1.26 bits per heavy atom. The Kier molecular flexibility index (Phi) is 5.48. The van der Waals surface area contributed by atoms with E-state index in [0.29, 0.717) is 0 Å². The topological polar surface area (TPSA) is 37.8 Å². The number of hydrogen-bond acceptors (Lipinski definition) is 4. The highest BCUT2D eigenvalue weighted by Crippen LogP contribution is 2.27. The molecule has 0 atom stereocenters. The van der Waals surface area contributed by atoms with Crippen LogP contribution in [0.15, 0.2) is 22.7 Å². The van der Waals surface area contributed by atoms with Crippen LogP contribution >= 0.6 is 27.3 Å². The van der Waals surface area contributed by atoms with Gasteiger partial charge in [-0.3, -0.25) is 0 Å². The van der Waals surface area contributed by atoms with Gasteiger partial charge in [0.25, 0.3) is 0 Å². The molecule has 0 saturated heterocycles. The van der Waals surface area contributed by atoms with E-state index in [1.165, 1.54) is 12.0 Å². The lowest BCUT2D eigenvalue weighted by Crippen LogP contribution is -2.17. The summed E-state index contributed by atoms with van der Waals surface area (Å²) in [5.41, 5.74) is 2.37. The molecule has 3 nitrogen and oxygen atoms in total. The van der Waals surface area contributed by atoms with Crippen LogP contribution in [0.5, 0.6) is 0 Å². The summed E-state index contributed by atoms with van der Waals surface area (Å²) in [5.74, 6) is 0. The molecule has 1 N–H and O–H groups in total. The largest absolute Gasteiger partial charge is 0.316 e. The highest BCUT2D eigenvalue weighted by molar-refractivity contribution is 9.10. The van der Waals surface area contributed by atoms with E-state index in [1.54, 1.807) is 11.3 Å². The Morgan fingerprint density at radius 3 is 2.84 bits per heavy atom. The molecule has 0 spiro atoms. The van der Waals surface area contributed by atoms with Gasteiger partial charge < -0.3 is 5.32 Å². The van der Waals surface area contributed by atoms with Gasteiger partial charge in [-0.15, -0.1) is 10.2 Å². The Morgan fingerprint density at radius 2 is 2.11 bits per heavy atom. The smallest absolute Gasteiger partial charge is 0.147 e. The predicted molar refractivity (Wildman–Crippen MR) is 84.6 cm³/mol. The summed E-state index contributed by atoms with van der Waals surface area (Å²) in [6.45, 7) is 6.30. The maximum Gasteiger partial charge on any atom is 0.147 e. The summed E-state index contributed by atoms with van der Waals surface area (Å²) in [5, 5.41) is 14.0. The molecule has 0 saturated carbocycles. The summed E-state index contributed by atoms with van der Waals surface area (Å²) in [7, 11) is 0. The van der Waals surface area contributed by atoms with Crippen molar-refractivity contribution in [2.24, 2.45) is 0 Å². The van der Waals surface area contributed by atoms with E-state index < -0.39 is 0 Å². The van der Waals surface area contributed by atoms with Gasteiger partial charge in [0.2, 0.25) is 0 Å². The maximum atomic E-state index is 4.28. The fourth-order valence-corrected chi connectivity index (χ4v) is 2.83. The highest BCUT2D eigenvalue weighted by Gasteiger charge is 2.07. The zero-order chi connectivity index (χ0) is 13.7. The first-order valence-electron chi connectivity index (χ1n) is 6.50. The van der Waals surface area contributed by atoms with Crippen molar-refractivity contribution in [2.45, 2.75) is 26.7 Å². The van der Waals surface area contributed by atoms with E-state index in [-0.39, 0.29) is 0 Å².